The van der Waals surface area contributed by atoms with E-state index >= 15 is 4.39 Å². The second-order valence-corrected chi connectivity index (χ2v) is 8.39. The van der Waals surface area contributed by atoms with Crippen molar-refractivity contribution in [1.29, 1.82) is 0 Å². The summed E-state index contributed by atoms with van der Waals surface area (Å²) in [5.41, 5.74) is 15.0. The van der Waals surface area contributed by atoms with Gasteiger partial charge in [0.1, 0.15) is 5.82 Å². The number of anilines is 1. The lowest BCUT2D eigenvalue weighted by molar-refractivity contribution is 0.540. The van der Waals surface area contributed by atoms with Gasteiger partial charge in [-0.1, -0.05) is 0 Å². The number of hydrogen-bond acceptors (Lipinski definition) is 4. The van der Waals surface area contributed by atoms with E-state index in [0.717, 1.165) is 54.4 Å². The summed E-state index contributed by atoms with van der Waals surface area (Å²) in [6.07, 6.45) is 3.16. The van der Waals surface area contributed by atoms with Gasteiger partial charge in [-0.2, -0.15) is 0 Å². The fourth-order valence-electron chi connectivity index (χ4n) is 5.05. The number of aromatic nitrogens is 1. The van der Waals surface area contributed by atoms with Gasteiger partial charge in [0, 0.05) is 42.5 Å². The van der Waals surface area contributed by atoms with E-state index in [9.17, 15) is 4.79 Å². The van der Waals surface area contributed by atoms with Gasteiger partial charge >= 0.3 is 0 Å². The number of piperidine rings is 1. The van der Waals surface area contributed by atoms with Gasteiger partial charge in [0.15, 0.2) is 0 Å². The zero-order chi connectivity index (χ0) is 18.2. The van der Waals surface area contributed by atoms with Crippen LogP contribution in [0.25, 0.3) is 10.9 Å². The van der Waals surface area contributed by atoms with E-state index in [2.05, 4.69) is 4.90 Å². The minimum absolute atomic E-state index is 0.0243. The maximum atomic E-state index is 15.2. The molecule has 0 radical (unpaired) electrons. The molecule has 1 aromatic heterocycles. The molecule has 2 unspecified atom stereocenters. The van der Waals surface area contributed by atoms with Crippen molar-refractivity contribution in [3.63, 3.8) is 0 Å². The molecular weight excluding hydrogens is 331 g/mol. The van der Waals surface area contributed by atoms with E-state index in [1.165, 1.54) is 0 Å². The maximum absolute atomic E-state index is 15.2. The molecule has 26 heavy (non-hydrogen) atoms. The van der Waals surface area contributed by atoms with E-state index in [1.54, 1.807) is 12.1 Å². The predicted octanol–water partition coefficient (Wildman–Crippen LogP) is 2.03. The molecule has 6 heteroatoms. The lowest BCUT2D eigenvalue weighted by atomic mass is 10.0. The van der Waals surface area contributed by atoms with Crippen molar-refractivity contribution in [1.82, 2.24) is 4.57 Å². The number of halogens is 1. The van der Waals surface area contributed by atoms with Crippen molar-refractivity contribution in [2.45, 2.75) is 38.8 Å². The Morgan fingerprint density at radius 3 is 2.69 bits per heavy atom. The Bertz CT molecular complexity index is 976. The van der Waals surface area contributed by atoms with Gasteiger partial charge < -0.3 is 20.9 Å². The van der Waals surface area contributed by atoms with Crippen LogP contribution >= 0.6 is 0 Å². The first kappa shape index (κ1) is 16.3. The summed E-state index contributed by atoms with van der Waals surface area (Å²) >= 11 is 0. The Morgan fingerprint density at radius 1 is 1.31 bits per heavy atom. The maximum Gasteiger partial charge on any atom is 0.251 e. The summed E-state index contributed by atoms with van der Waals surface area (Å²) in [4.78, 5) is 14.8. The van der Waals surface area contributed by atoms with Crippen molar-refractivity contribution in [2.24, 2.45) is 22.8 Å². The summed E-state index contributed by atoms with van der Waals surface area (Å²) in [5, 5.41) is 0.774. The van der Waals surface area contributed by atoms with Gasteiger partial charge in [0.2, 0.25) is 0 Å². The van der Waals surface area contributed by atoms with Crippen molar-refractivity contribution in [2.75, 3.05) is 24.5 Å². The molecule has 2 aromatic rings. The first-order valence-electron chi connectivity index (χ1n) is 9.51. The predicted molar refractivity (Wildman–Crippen MR) is 101 cm³/mol. The van der Waals surface area contributed by atoms with E-state index in [-0.39, 0.29) is 29.4 Å². The Balaban J connectivity index is 1.73. The van der Waals surface area contributed by atoms with E-state index in [1.807, 2.05) is 11.5 Å². The number of rotatable bonds is 4. The van der Waals surface area contributed by atoms with Crippen LogP contribution in [0.3, 0.4) is 0 Å². The van der Waals surface area contributed by atoms with Crippen LogP contribution in [-0.2, 0) is 6.54 Å². The number of aryl methyl sites for hydroxylation is 1. The molecule has 5 nitrogen and oxygen atoms in total. The van der Waals surface area contributed by atoms with Crippen LogP contribution in [-0.4, -0.2) is 24.2 Å². The summed E-state index contributed by atoms with van der Waals surface area (Å²) in [6, 6.07) is 3.39. The topological polar surface area (TPSA) is 77.3 Å². The van der Waals surface area contributed by atoms with Gasteiger partial charge in [-0.25, -0.2) is 4.39 Å². The number of pyridine rings is 1. The molecule has 3 fully saturated rings. The normalized spacial score (nSPS) is 27.2. The number of hydrogen-bond donors (Lipinski definition) is 2. The third kappa shape index (κ3) is 2.12. The van der Waals surface area contributed by atoms with Crippen LogP contribution in [0.2, 0.25) is 0 Å². The molecule has 1 saturated heterocycles. The monoisotopic (exact) mass is 356 g/mol. The van der Waals surface area contributed by atoms with Crippen LogP contribution in [0.5, 0.6) is 0 Å². The van der Waals surface area contributed by atoms with E-state index in [0.29, 0.717) is 18.2 Å². The van der Waals surface area contributed by atoms with Crippen molar-refractivity contribution >= 4 is 16.6 Å². The lowest BCUT2D eigenvalue weighted by Gasteiger charge is -2.27. The number of benzene rings is 1. The third-order valence-electron chi connectivity index (χ3n) is 6.74. The van der Waals surface area contributed by atoms with Crippen LogP contribution in [0.4, 0.5) is 10.1 Å². The van der Waals surface area contributed by atoms with Gasteiger partial charge in [-0.05, 0) is 55.8 Å². The minimum Gasteiger partial charge on any atom is -0.368 e. The summed E-state index contributed by atoms with van der Waals surface area (Å²) in [7, 11) is 0. The zero-order valence-electron chi connectivity index (χ0n) is 15.1. The molecule has 138 valence electrons. The Labute approximate surface area is 151 Å². The third-order valence-corrected chi connectivity index (χ3v) is 6.74. The van der Waals surface area contributed by atoms with Gasteiger partial charge in [-0.3, -0.25) is 4.79 Å². The molecule has 3 aliphatic rings. The second-order valence-electron chi connectivity index (χ2n) is 8.39. The Kier molecular flexibility index (Phi) is 3.32. The molecule has 5 rings (SSSR count). The fraction of sp³-hybridized carbons (Fsp3) is 0.550. The Morgan fingerprint density at radius 2 is 2.08 bits per heavy atom. The smallest absolute Gasteiger partial charge is 0.251 e. The fourth-order valence-corrected chi connectivity index (χ4v) is 5.05. The molecule has 2 aliphatic carbocycles. The standard InChI is InChI=1S/C20H25FN4O/c1-11-18-15(12(7-22)4-17(26)25(18)14-2-3-14)5-16(21)19(11)24-8-13-6-20(13,9-23)10-24/h4-5,13-14H,2-3,6-10,22-23H2,1H3. The minimum atomic E-state index is -0.223. The van der Waals surface area contributed by atoms with Crippen molar-refractivity contribution in [3.05, 3.63) is 39.4 Å². The van der Waals surface area contributed by atoms with E-state index in [4.69, 9.17) is 11.5 Å². The van der Waals surface area contributed by atoms with Crippen LogP contribution < -0.4 is 21.9 Å². The largest absolute Gasteiger partial charge is 0.368 e. The van der Waals surface area contributed by atoms with Crippen LogP contribution in [0.1, 0.15) is 36.4 Å². The molecule has 4 N–H and O–H groups in total. The molecule has 0 amide bonds. The molecule has 2 heterocycles. The number of nitrogens with zero attached hydrogens (tertiary/aromatic N) is 2. The van der Waals surface area contributed by atoms with Gasteiger partial charge in [0.25, 0.3) is 5.56 Å². The highest BCUT2D eigenvalue weighted by Crippen LogP contribution is 2.58. The molecule has 2 atom stereocenters. The van der Waals surface area contributed by atoms with Crippen molar-refractivity contribution in [3.8, 4) is 0 Å². The molecule has 1 aromatic carbocycles. The Hall–Kier alpha value is -1.92. The SMILES string of the molecule is Cc1c(N2CC3CC3(CN)C2)c(F)cc2c(CN)cc(=O)n(C3CC3)c12. The first-order valence-corrected chi connectivity index (χ1v) is 9.51. The summed E-state index contributed by atoms with van der Waals surface area (Å²) in [6.45, 7) is 4.49. The molecule has 1 aliphatic heterocycles. The second kappa shape index (κ2) is 5.30. The zero-order valence-corrected chi connectivity index (χ0v) is 15.1. The first-order chi connectivity index (χ1) is 12.5. The average Bonchev–Trinajstić information content (AvgIpc) is 3.53. The summed E-state index contributed by atoms with van der Waals surface area (Å²) in [5.74, 6) is 0.349. The van der Waals surface area contributed by atoms with Crippen LogP contribution in [0.15, 0.2) is 16.9 Å². The molecule has 0 spiro atoms. The van der Waals surface area contributed by atoms with Gasteiger partial charge in [-0.15, -0.1) is 0 Å². The highest BCUT2D eigenvalue weighted by atomic mass is 19.1. The quantitative estimate of drug-likeness (QED) is 0.879. The molecule has 2 saturated carbocycles. The van der Waals surface area contributed by atoms with Gasteiger partial charge in [0.05, 0.1) is 11.2 Å². The number of fused-ring (bicyclic) bond motifs is 2. The lowest BCUT2D eigenvalue weighted by Crippen LogP contribution is -2.30. The highest BCUT2D eigenvalue weighted by molar-refractivity contribution is 5.90. The average molecular weight is 356 g/mol. The van der Waals surface area contributed by atoms with E-state index < -0.39 is 0 Å². The molecular formula is C20H25FN4O. The van der Waals surface area contributed by atoms with Crippen LogP contribution in [0, 0.1) is 24.1 Å². The van der Waals surface area contributed by atoms with Crippen molar-refractivity contribution < 1.29 is 4.39 Å². The summed E-state index contributed by atoms with van der Waals surface area (Å²) < 4.78 is 17.0. The number of nitrogens with two attached hydrogens (primary N) is 2. The molecule has 0 bridgehead atoms. The highest BCUT2D eigenvalue weighted by Gasteiger charge is 2.59.